The van der Waals surface area contributed by atoms with Gasteiger partial charge in [0.2, 0.25) is 5.89 Å². The summed E-state index contributed by atoms with van der Waals surface area (Å²) in [5.74, 6) is -0.500. The number of hydrogen-bond donors (Lipinski definition) is 2. The number of rotatable bonds is 10. The van der Waals surface area contributed by atoms with Crippen LogP contribution in [0, 0.1) is 6.92 Å². The van der Waals surface area contributed by atoms with Crippen LogP contribution >= 0.6 is 15.9 Å². The van der Waals surface area contributed by atoms with Gasteiger partial charge in [0, 0.05) is 23.1 Å². The molecule has 9 heteroatoms. The number of aromatic nitrogens is 1. The molecule has 1 aromatic heterocycles. The lowest BCUT2D eigenvalue weighted by Gasteiger charge is -2.22. The van der Waals surface area contributed by atoms with Gasteiger partial charge < -0.3 is 19.4 Å². The first-order valence-corrected chi connectivity index (χ1v) is 11.0. The fourth-order valence-corrected chi connectivity index (χ4v) is 3.55. The molecule has 0 saturated carbocycles. The lowest BCUT2D eigenvalue weighted by atomic mass is 10.1. The van der Waals surface area contributed by atoms with E-state index < -0.39 is 17.5 Å². The van der Waals surface area contributed by atoms with Gasteiger partial charge in [-0.1, -0.05) is 34.1 Å². The first kappa shape index (κ1) is 24.5. The van der Waals surface area contributed by atoms with Gasteiger partial charge in [-0.15, -0.1) is 0 Å². The molecule has 0 aliphatic heterocycles. The van der Waals surface area contributed by atoms with Crippen LogP contribution in [-0.4, -0.2) is 44.2 Å². The molecule has 3 rings (SSSR count). The zero-order valence-electron chi connectivity index (χ0n) is 18.5. The first-order chi connectivity index (χ1) is 15.5. The topological polar surface area (TPSA) is 113 Å². The molecule has 0 fully saturated rings. The van der Waals surface area contributed by atoms with Crippen LogP contribution in [0.15, 0.2) is 57.4 Å². The van der Waals surface area contributed by atoms with E-state index in [9.17, 15) is 19.8 Å². The maximum absolute atomic E-state index is 11.4. The highest BCUT2D eigenvalue weighted by molar-refractivity contribution is 9.10. The molecule has 2 aromatic carbocycles. The van der Waals surface area contributed by atoms with Gasteiger partial charge in [-0.05, 0) is 56.7 Å². The molecule has 0 saturated heterocycles. The van der Waals surface area contributed by atoms with Crippen molar-refractivity contribution in [2.45, 2.75) is 39.5 Å². The smallest absolute Gasteiger partial charge is 0.347 e. The number of ether oxygens (including phenoxy) is 1. The number of aliphatic carboxylic acids is 2. The number of nitrogens with zero attached hydrogens (tertiary/aromatic N) is 2. The average molecular weight is 517 g/mol. The van der Waals surface area contributed by atoms with Crippen LogP contribution in [0.5, 0.6) is 5.75 Å². The van der Waals surface area contributed by atoms with Crippen molar-refractivity contribution in [3.8, 4) is 17.2 Å². The summed E-state index contributed by atoms with van der Waals surface area (Å²) in [4.78, 5) is 29.0. The average Bonchev–Trinajstić information content (AvgIpc) is 3.09. The maximum Gasteiger partial charge on any atom is 0.347 e. The number of benzene rings is 2. The molecule has 33 heavy (non-hydrogen) atoms. The highest BCUT2D eigenvalue weighted by Crippen LogP contribution is 2.26. The van der Waals surface area contributed by atoms with Crippen molar-refractivity contribution in [2.24, 2.45) is 0 Å². The van der Waals surface area contributed by atoms with Crippen LogP contribution in [-0.2, 0) is 22.7 Å². The summed E-state index contributed by atoms with van der Waals surface area (Å²) in [7, 11) is 0. The maximum atomic E-state index is 11.4. The Balaban J connectivity index is 1.74. The lowest BCUT2D eigenvalue weighted by Crippen LogP contribution is -2.37. The Morgan fingerprint density at radius 3 is 2.42 bits per heavy atom. The molecule has 1 heterocycles. The molecule has 0 aliphatic carbocycles. The van der Waals surface area contributed by atoms with Gasteiger partial charge in [0.25, 0.3) is 0 Å². The molecule has 0 atom stereocenters. The SMILES string of the molecule is Cc1oc(-c2cccc(Br)c2)nc1CN(CC(=O)O)Cc1ccc(OC(C)(C)C(=O)O)cc1. The van der Waals surface area contributed by atoms with E-state index >= 15 is 0 Å². The molecule has 3 aromatic rings. The van der Waals surface area contributed by atoms with Gasteiger partial charge in [-0.3, -0.25) is 9.69 Å². The van der Waals surface area contributed by atoms with Crippen LogP contribution < -0.4 is 4.74 Å². The molecule has 0 spiro atoms. The van der Waals surface area contributed by atoms with E-state index in [0.29, 0.717) is 36.2 Å². The van der Waals surface area contributed by atoms with Crippen molar-refractivity contribution in [3.63, 3.8) is 0 Å². The van der Waals surface area contributed by atoms with Crippen molar-refractivity contribution >= 4 is 27.9 Å². The van der Waals surface area contributed by atoms with Crippen LogP contribution in [0.25, 0.3) is 11.5 Å². The van der Waals surface area contributed by atoms with Crippen molar-refractivity contribution in [2.75, 3.05) is 6.54 Å². The second-order valence-electron chi connectivity index (χ2n) is 8.13. The number of carboxylic acid groups (broad SMARTS) is 2. The van der Waals surface area contributed by atoms with Gasteiger partial charge in [-0.2, -0.15) is 0 Å². The molecule has 2 N–H and O–H groups in total. The quantitative estimate of drug-likeness (QED) is 0.397. The second kappa shape index (κ2) is 10.2. The van der Waals surface area contributed by atoms with Crippen LogP contribution in [0.1, 0.15) is 30.9 Å². The van der Waals surface area contributed by atoms with Crippen molar-refractivity contribution < 1.29 is 29.0 Å². The Bertz CT molecular complexity index is 1140. The van der Waals surface area contributed by atoms with E-state index in [-0.39, 0.29) is 6.54 Å². The molecule has 0 radical (unpaired) electrons. The minimum absolute atomic E-state index is 0.178. The molecular weight excluding hydrogens is 492 g/mol. The third-order valence-corrected chi connectivity index (χ3v) is 5.41. The highest BCUT2D eigenvalue weighted by atomic mass is 79.9. The summed E-state index contributed by atoms with van der Waals surface area (Å²) in [5.41, 5.74) is 0.982. The molecule has 0 aliphatic rings. The summed E-state index contributed by atoms with van der Waals surface area (Å²) < 4.78 is 12.2. The summed E-state index contributed by atoms with van der Waals surface area (Å²) >= 11 is 3.44. The Hall–Kier alpha value is -3.17. The van der Waals surface area contributed by atoms with Crippen molar-refractivity contribution in [1.29, 1.82) is 0 Å². The lowest BCUT2D eigenvalue weighted by molar-refractivity contribution is -0.152. The van der Waals surface area contributed by atoms with Crippen LogP contribution in [0.2, 0.25) is 0 Å². The number of hydrogen-bond acceptors (Lipinski definition) is 6. The molecule has 0 amide bonds. The highest BCUT2D eigenvalue weighted by Gasteiger charge is 2.29. The zero-order chi connectivity index (χ0) is 24.2. The number of carbonyl (C=O) groups is 2. The largest absolute Gasteiger partial charge is 0.480 e. The summed E-state index contributed by atoms with van der Waals surface area (Å²) in [6.45, 7) is 5.22. The Kier molecular flexibility index (Phi) is 7.55. The Morgan fingerprint density at radius 1 is 1.12 bits per heavy atom. The summed E-state index contributed by atoms with van der Waals surface area (Å²) in [6.07, 6.45) is 0. The Morgan fingerprint density at radius 2 is 1.82 bits per heavy atom. The van der Waals surface area contributed by atoms with Crippen molar-refractivity contribution in [1.82, 2.24) is 9.88 Å². The molecular formula is C24H25BrN2O6. The van der Waals surface area contributed by atoms with Gasteiger partial charge in [0.05, 0.1) is 12.2 Å². The fourth-order valence-electron chi connectivity index (χ4n) is 3.15. The molecule has 174 valence electrons. The standard InChI is InChI=1S/C24H25BrN2O6/c1-15-20(26-22(32-15)17-5-4-6-18(25)11-17)13-27(14-21(28)29)12-16-7-9-19(10-8-16)33-24(2,3)23(30)31/h4-11H,12-14H2,1-3H3,(H,28,29)(H,30,31). The van der Waals surface area contributed by atoms with E-state index in [4.69, 9.17) is 9.15 Å². The normalized spacial score (nSPS) is 11.5. The summed E-state index contributed by atoms with van der Waals surface area (Å²) in [6, 6.07) is 14.5. The van der Waals surface area contributed by atoms with Gasteiger partial charge >= 0.3 is 11.9 Å². The minimum atomic E-state index is -1.35. The van der Waals surface area contributed by atoms with E-state index in [0.717, 1.165) is 15.6 Å². The van der Waals surface area contributed by atoms with Crippen LogP contribution in [0.3, 0.4) is 0 Å². The molecule has 0 bridgehead atoms. The number of oxazole rings is 1. The fraction of sp³-hybridized carbons (Fsp3) is 0.292. The van der Waals surface area contributed by atoms with E-state index in [1.54, 1.807) is 36.1 Å². The van der Waals surface area contributed by atoms with Gasteiger partial charge in [0.1, 0.15) is 11.5 Å². The zero-order valence-corrected chi connectivity index (χ0v) is 20.1. The van der Waals surface area contributed by atoms with Gasteiger partial charge in [0.15, 0.2) is 5.60 Å². The molecule has 8 nitrogen and oxygen atoms in total. The minimum Gasteiger partial charge on any atom is -0.480 e. The molecule has 0 unspecified atom stereocenters. The van der Waals surface area contributed by atoms with Crippen LogP contribution in [0.4, 0.5) is 0 Å². The number of halogens is 1. The number of aryl methyl sites for hydroxylation is 1. The second-order valence-corrected chi connectivity index (χ2v) is 9.05. The predicted octanol–water partition coefficient (Wildman–Crippen LogP) is 4.74. The third kappa shape index (κ3) is 6.66. The van der Waals surface area contributed by atoms with E-state index in [2.05, 4.69) is 20.9 Å². The number of carboxylic acids is 2. The Labute approximate surface area is 199 Å². The van der Waals surface area contributed by atoms with Crippen molar-refractivity contribution in [3.05, 3.63) is 70.0 Å². The predicted molar refractivity (Wildman–Crippen MR) is 125 cm³/mol. The monoisotopic (exact) mass is 516 g/mol. The first-order valence-electron chi connectivity index (χ1n) is 10.2. The third-order valence-electron chi connectivity index (χ3n) is 4.91. The summed E-state index contributed by atoms with van der Waals surface area (Å²) in [5, 5.41) is 18.6. The van der Waals surface area contributed by atoms with E-state index in [1.165, 1.54) is 13.8 Å². The van der Waals surface area contributed by atoms with Gasteiger partial charge in [-0.25, -0.2) is 9.78 Å². The van der Waals surface area contributed by atoms with E-state index in [1.807, 2.05) is 24.3 Å².